The number of fused-ring (bicyclic) bond motifs is 1. The molecule has 0 spiro atoms. The van der Waals surface area contributed by atoms with E-state index >= 15 is 0 Å². The maximum Gasteiger partial charge on any atom is 0.270 e. The number of hydrogen-bond donors (Lipinski definition) is 2. The number of pyridine rings is 1. The van der Waals surface area contributed by atoms with Gasteiger partial charge in [-0.15, -0.1) is 0 Å². The van der Waals surface area contributed by atoms with E-state index in [2.05, 4.69) is 20.2 Å². The van der Waals surface area contributed by atoms with E-state index in [0.717, 1.165) is 59.8 Å². The van der Waals surface area contributed by atoms with Gasteiger partial charge in [0.1, 0.15) is 5.69 Å². The van der Waals surface area contributed by atoms with E-state index in [1.165, 1.54) is 0 Å². The third kappa shape index (κ3) is 4.36. The molecule has 3 aromatic rings. The number of carbonyl (C=O) groups excluding carboxylic acids is 1. The lowest BCUT2D eigenvalue weighted by Crippen LogP contribution is -2.36. The lowest BCUT2D eigenvalue weighted by molar-refractivity contribution is -0.0405. The minimum atomic E-state index is -0.101. The quantitative estimate of drug-likeness (QED) is 0.551. The molecule has 33 heavy (non-hydrogen) atoms. The van der Waals surface area contributed by atoms with Gasteiger partial charge in [0.25, 0.3) is 5.91 Å². The molecule has 7 nitrogen and oxygen atoms in total. The number of nitrogens with one attached hydrogen (secondary N) is 2. The van der Waals surface area contributed by atoms with Crippen LogP contribution in [0.3, 0.4) is 0 Å². The molecule has 8 heteroatoms. The van der Waals surface area contributed by atoms with E-state index in [-0.39, 0.29) is 12.0 Å². The summed E-state index contributed by atoms with van der Waals surface area (Å²) in [7, 11) is 0. The van der Waals surface area contributed by atoms with Crippen molar-refractivity contribution in [2.24, 2.45) is 0 Å². The topological polar surface area (TPSA) is 77.4 Å². The fraction of sp³-hybridized carbons (Fsp3) is 0.360. The molecule has 2 aliphatic rings. The van der Waals surface area contributed by atoms with Crippen LogP contribution in [0.2, 0.25) is 5.02 Å². The first-order valence-electron chi connectivity index (χ1n) is 11.3. The van der Waals surface area contributed by atoms with Crippen LogP contribution in [0.4, 0.5) is 11.4 Å². The molecule has 4 heterocycles. The minimum Gasteiger partial charge on any atom is -0.381 e. The number of nitrogens with zero attached hydrogens (tertiary/aromatic N) is 2. The molecule has 172 valence electrons. The van der Waals surface area contributed by atoms with Crippen molar-refractivity contribution in [2.75, 3.05) is 25.1 Å². The van der Waals surface area contributed by atoms with E-state index in [4.69, 9.17) is 21.1 Å². The summed E-state index contributed by atoms with van der Waals surface area (Å²) >= 11 is 6.39. The van der Waals surface area contributed by atoms with Gasteiger partial charge in [0.05, 0.1) is 24.1 Å². The Morgan fingerprint density at radius 3 is 2.82 bits per heavy atom. The molecule has 0 bridgehead atoms. The second kappa shape index (κ2) is 9.55. The molecular formula is C25H27ClN4O3. The van der Waals surface area contributed by atoms with Crippen molar-refractivity contribution in [3.8, 4) is 11.1 Å². The van der Waals surface area contributed by atoms with Crippen LogP contribution in [0.5, 0.6) is 0 Å². The molecule has 0 atom stereocenters. The summed E-state index contributed by atoms with van der Waals surface area (Å²) in [5, 5.41) is 7.20. The van der Waals surface area contributed by atoms with Crippen LogP contribution in [0.15, 0.2) is 42.7 Å². The number of carbonyl (C=O) groups is 1. The Hall–Kier alpha value is -2.87. The smallest absolute Gasteiger partial charge is 0.270 e. The van der Waals surface area contributed by atoms with Gasteiger partial charge in [0, 0.05) is 55.0 Å². The van der Waals surface area contributed by atoms with E-state index in [9.17, 15) is 4.79 Å². The fourth-order valence-corrected chi connectivity index (χ4v) is 4.71. The first-order valence-corrected chi connectivity index (χ1v) is 11.7. The third-order valence-corrected chi connectivity index (χ3v) is 6.74. The summed E-state index contributed by atoms with van der Waals surface area (Å²) in [5.41, 5.74) is 6.08. The van der Waals surface area contributed by atoms with Gasteiger partial charge < -0.3 is 24.7 Å². The summed E-state index contributed by atoms with van der Waals surface area (Å²) in [4.78, 5) is 17.3. The monoisotopic (exact) mass is 466 g/mol. The van der Waals surface area contributed by atoms with Crippen LogP contribution in [0, 0.1) is 6.92 Å². The second-order valence-electron chi connectivity index (χ2n) is 8.35. The van der Waals surface area contributed by atoms with Crippen LogP contribution < -0.4 is 10.6 Å². The normalized spacial score (nSPS) is 16.4. The van der Waals surface area contributed by atoms with Crippen molar-refractivity contribution < 1.29 is 14.3 Å². The maximum absolute atomic E-state index is 13.1. The Bertz CT molecular complexity index is 1160. The number of benzene rings is 1. The van der Waals surface area contributed by atoms with Gasteiger partial charge in [-0.25, -0.2) is 0 Å². The molecule has 1 aromatic carbocycles. The SMILES string of the molecule is Cc1c(Cl)cccc1Nc1c(-c2ccncc2)c(COC2CCOCC2)n2c1C(=O)NCC2. The number of amides is 1. The fourth-order valence-electron chi connectivity index (χ4n) is 4.53. The number of anilines is 2. The molecule has 0 unspecified atom stereocenters. The van der Waals surface area contributed by atoms with Crippen LogP contribution in [0.1, 0.15) is 34.6 Å². The van der Waals surface area contributed by atoms with Crippen molar-refractivity contribution in [1.82, 2.24) is 14.9 Å². The van der Waals surface area contributed by atoms with Crippen LogP contribution in [-0.4, -0.2) is 41.3 Å². The molecule has 1 fully saturated rings. The van der Waals surface area contributed by atoms with E-state index in [0.29, 0.717) is 30.4 Å². The van der Waals surface area contributed by atoms with Crippen LogP contribution in [-0.2, 0) is 22.6 Å². The highest BCUT2D eigenvalue weighted by Gasteiger charge is 2.31. The van der Waals surface area contributed by atoms with E-state index in [1.54, 1.807) is 12.4 Å². The Balaban J connectivity index is 1.64. The highest BCUT2D eigenvalue weighted by Crippen LogP contribution is 2.41. The van der Waals surface area contributed by atoms with Gasteiger partial charge in [-0.2, -0.15) is 0 Å². The molecule has 1 amide bonds. The molecule has 2 aromatic heterocycles. The predicted molar refractivity (Wildman–Crippen MR) is 128 cm³/mol. The van der Waals surface area contributed by atoms with Crippen molar-refractivity contribution in [3.63, 3.8) is 0 Å². The third-order valence-electron chi connectivity index (χ3n) is 6.33. The standard InChI is InChI=1S/C25H27ClN4O3/c1-16-19(26)3-2-4-20(16)29-23-22(17-5-9-27-10-6-17)21(15-33-18-7-13-32-14-8-18)30-12-11-28-25(31)24(23)30/h2-6,9-10,18,29H,7-8,11-15H2,1H3,(H,28,31). The Morgan fingerprint density at radius 1 is 1.24 bits per heavy atom. The highest BCUT2D eigenvalue weighted by molar-refractivity contribution is 6.31. The summed E-state index contributed by atoms with van der Waals surface area (Å²) in [5.74, 6) is -0.101. The molecule has 2 N–H and O–H groups in total. The van der Waals surface area contributed by atoms with Gasteiger partial charge in [-0.1, -0.05) is 17.7 Å². The number of hydrogen-bond acceptors (Lipinski definition) is 5. The Kier molecular flexibility index (Phi) is 6.35. The van der Waals surface area contributed by atoms with Gasteiger partial charge in [0.15, 0.2) is 0 Å². The molecular weight excluding hydrogens is 440 g/mol. The first-order chi connectivity index (χ1) is 16.1. The van der Waals surface area contributed by atoms with Crippen molar-refractivity contribution >= 4 is 28.9 Å². The molecule has 0 saturated carbocycles. The summed E-state index contributed by atoms with van der Waals surface area (Å²) in [6.45, 7) is 5.08. The Morgan fingerprint density at radius 2 is 2.03 bits per heavy atom. The zero-order chi connectivity index (χ0) is 22.8. The van der Waals surface area contributed by atoms with Crippen LogP contribution in [0.25, 0.3) is 11.1 Å². The summed E-state index contributed by atoms with van der Waals surface area (Å²) < 4.78 is 13.9. The van der Waals surface area contributed by atoms with Gasteiger partial charge in [-0.05, 0) is 55.2 Å². The lowest BCUT2D eigenvalue weighted by atomic mass is 10.0. The van der Waals surface area contributed by atoms with Crippen LogP contribution >= 0.6 is 11.6 Å². The van der Waals surface area contributed by atoms with Crippen molar-refractivity contribution in [1.29, 1.82) is 0 Å². The number of ether oxygens (including phenoxy) is 2. The zero-order valence-corrected chi connectivity index (χ0v) is 19.3. The average molecular weight is 467 g/mol. The molecule has 1 saturated heterocycles. The number of rotatable bonds is 6. The number of halogens is 1. The highest BCUT2D eigenvalue weighted by atomic mass is 35.5. The first kappa shape index (κ1) is 21.9. The average Bonchev–Trinajstić information content (AvgIpc) is 3.16. The van der Waals surface area contributed by atoms with Gasteiger partial charge in [0.2, 0.25) is 0 Å². The van der Waals surface area contributed by atoms with Gasteiger partial charge >= 0.3 is 0 Å². The molecule has 0 aliphatic carbocycles. The summed E-state index contributed by atoms with van der Waals surface area (Å²) in [6, 6.07) is 9.67. The van der Waals surface area contributed by atoms with E-state index in [1.807, 2.05) is 37.3 Å². The predicted octanol–water partition coefficient (Wildman–Crippen LogP) is 4.69. The second-order valence-corrected chi connectivity index (χ2v) is 8.76. The number of aromatic nitrogens is 2. The van der Waals surface area contributed by atoms with Crippen molar-refractivity contribution in [2.45, 2.75) is 39.0 Å². The zero-order valence-electron chi connectivity index (χ0n) is 18.6. The molecule has 0 radical (unpaired) electrons. The summed E-state index contributed by atoms with van der Waals surface area (Å²) in [6.07, 6.45) is 5.45. The molecule has 5 rings (SSSR count). The Labute approximate surface area is 198 Å². The molecule has 2 aliphatic heterocycles. The van der Waals surface area contributed by atoms with Gasteiger partial charge in [-0.3, -0.25) is 9.78 Å². The largest absolute Gasteiger partial charge is 0.381 e. The van der Waals surface area contributed by atoms with Crippen molar-refractivity contribution in [3.05, 3.63) is 64.7 Å². The maximum atomic E-state index is 13.1. The lowest BCUT2D eigenvalue weighted by Gasteiger charge is -2.24. The van der Waals surface area contributed by atoms with E-state index < -0.39 is 0 Å². The minimum absolute atomic E-state index is 0.101.